The normalized spacial score (nSPS) is 12.2. The number of hydrogen-bond donors (Lipinski definition) is 1. The van der Waals surface area contributed by atoms with Crippen LogP contribution >= 0.6 is 0 Å². The van der Waals surface area contributed by atoms with Crippen LogP contribution < -0.4 is 4.90 Å². The number of carbonyl (C=O) groups excluding carboxylic acids is 1. The standard InChI is InChI=1S/C25H30N2O3/c1-17(26(3)4)16-23(28)18(2)24(19-12-14-20(15-13-19)27(5)6)21-10-8-9-11-22(21)25(29)30-7/h8-16H,1-7H3/p+1/b24-18+. The Labute approximate surface area is 179 Å². The number of anilines is 1. The predicted octanol–water partition coefficient (Wildman–Crippen LogP) is 4.54. The van der Waals surface area contributed by atoms with E-state index in [0.717, 1.165) is 22.5 Å². The minimum absolute atomic E-state index is 0.146. The maximum Gasteiger partial charge on any atom is 0.338 e. The Morgan fingerprint density at radius 1 is 1.00 bits per heavy atom. The molecule has 0 atom stereocenters. The lowest BCUT2D eigenvalue weighted by Crippen LogP contribution is -2.10. The van der Waals surface area contributed by atoms with Gasteiger partial charge in [0, 0.05) is 32.8 Å². The molecule has 0 saturated carbocycles. The van der Waals surface area contributed by atoms with Crippen LogP contribution in [0, 0.1) is 0 Å². The molecule has 0 aliphatic heterocycles. The van der Waals surface area contributed by atoms with E-state index in [-0.39, 0.29) is 5.76 Å². The first-order valence-corrected chi connectivity index (χ1v) is 9.75. The fourth-order valence-electron chi connectivity index (χ4n) is 3.05. The number of rotatable bonds is 6. The van der Waals surface area contributed by atoms with Crippen molar-refractivity contribution in [3.63, 3.8) is 0 Å². The van der Waals surface area contributed by atoms with E-state index < -0.39 is 5.97 Å². The van der Waals surface area contributed by atoms with Gasteiger partial charge in [0.05, 0.1) is 12.7 Å². The van der Waals surface area contributed by atoms with Gasteiger partial charge < -0.3 is 14.7 Å². The molecule has 2 aromatic rings. The number of aliphatic hydroxyl groups excluding tert-OH is 1. The van der Waals surface area contributed by atoms with Gasteiger partial charge >= 0.3 is 5.97 Å². The first kappa shape index (κ1) is 22.9. The van der Waals surface area contributed by atoms with E-state index in [1.807, 2.05) is 87.9 Å². The fourth-order valence-corrected chi connectivity index (χ4v) is 3.05. The Morgan fingerprint density at radius 3 is 2.07 bits per heavy atom. The molecule has 0 bridgehead atoms. The Kier molecular flexibility index (Phi) is 7.59. The van der Waals surface area contributed by atoms with Crippen LogP contribution in [0.15, 0.2) is 65.9 Å². The van der Waals surface area contributed by atoms with Crippen molar-refractivity contribution >= 4 is 22.9 Å². The number of aliphatic hydroxyl groups is 1. The third-order valence-electron chi connectivity index (χ3n) is 5.08. The van der Waals surface area contributed by atoms with Gasteiger partial charge in [-0.1, -0.05) is 30.3 Å². The van der Waals surface area contributed by atoms with E-state index in [9.17, 15) is 9.90 Å². The lowest BCUT2D eigenvalue weighted by atomic mass is 9.89. The number of nitrogens with zero attached hydrogens (tertiary/aromatic N) is 2. The Bertz CT molecular complexity index is 1010. The van der Waals surface area contributed by atoms with Crippen molar-refractivity contribution in [2.24, 2.45) is 0 Å². The van der Waals surface area contributed by atoms with E-state index in [1.165, 1.54) is 7.11 Å². The molecule has 0 aromatic heterocycles. The summed E-state index contributed by atoms with van der Waals surface area (Å²) in [6.45, 7) is 3.79. The van der Waals surface area contributed by atoms with Crippen molar-refractivity contribution in [2.75, 3.05) is 40.2 Å². The van der Waals surface area contributed by atoms with Gasteiger partial charge in [-0.25, -0.2) is 9.37 Å². The van der Waals surface area contributed by atoms with Crippen molar-refractivity contribution < 1.29 is 19.2 Å². The molecule has 2 aromatic carbocycles. The van der Waals surface area contributed by atoms with Crippen molar-refractivity contribution in [1.29, 1.82) is 0 Å². The maximum absolute atomic E-state index is 12.4. The van der Waals surface area contributed by atoms with Crippen LogP contribution in [-0.2, 0) is 4.74 Å². The highest BCUT2D eigenvalue weighted by molar-refractivity contribution is 5.99. The molecule has 0 amide bonds. The van der Waals surface area contributed by atoms with E-state index in [2.05, 4.69) is 0 Å². The summed E-state index contributed by atoms with van der Waals surface area (Å²) in [6.07, 6.45) is 1.73. The zero-order valence-corrected chi connectivity index (χ0v) is 18.9. The number of carbonyl (C=O) groups is 1. The summed E-state index contributed by atoms with van der Waals surface area (Å²) < 4.78 is 6.92. The molecule has 5 heteroatoms. The van der Waals surface area contributed by atoms with Crippen LogP contribution in [0.4, 0.5) is 5.69 Å². The molecule has 0 heterocycles. The van der Waals surface area contributed by atoms with Crippen molar-refractivity contribution in [1.82, 2.24) is 0 Å². The van der Waals surface area contributed by atoms with E-state index in [4.69, 9.17) is 4.74 Å². The minimum Gasteiger partial charge on any atom is -0.507 e. The Morgan fingerprint density at radius 2 is 1.57 bits per heavy atom. The average Bonchev–Trinajstić information content (AvgIpc) is 2.73. The topological polar surface area (TPSA) is 52.8 Å². The average molecular weight is 408 g/mol. The number of hydrogen-bond acceptors (Lipinski definition) is 4. The molecule has 0 radical (unpaired) electrons. The second-order valence-corrected chi connectivity index (χ2v) is 7.54. The smallest absolute Gasteiger partial charge is 0.338 e. The third-order valence-corrected chi connectivity index (χ3v) is 5.08. The molecule has 2 rings (SSSR count). The summed E-state index contributed by atoms with van der Waals surface area (Å²) in [5.41, 5.74) is 5.49. The van der Waals surface area contributed by atoms with E-state index in [0.29, 0.717) is 16.7 Å². The summed E-state index contributed by atoms with van der Waals surface area (Å²) >= 11 is 0. The first-order valence-electron chi connectivity index (χ1n) is 9.75. The Hall–Kier alpha value is -3.34. The SMILES string of the molecule is COC(=O)c1ccccc1/C(=C(C)/C(O)=C\C(C)=[N+](C)C)c1ccc(N(C)C)cc1. The van der Waals surface area contributed by atoms with Crippen LogP contribution in [-0.4, -0.2) is 56.7 Å². The molecule has 5 nitrogen and oxygen atoms in total. The van der Waals surface area contributed by atoms with Crippen LogP contribution in [0.2, 0.25) is 0 Å². The number of benzene rings is 2. The molecule has 1 N–H and O–H groups in total. The predicted molar refractivity (Wildman–Crippen MR) is 124 cm³/mol. The summed E-state index contributed by atoms with van der Waals surface area (Å²) in [7, 11) is 9.18. The molecule has 30 heavy (non-hydrogen) atoms. The molecular weight excluding hydrogens is 376 g/mol. The summed E-state index contributed by atoms with van der Waals surface area (Å²) in [4.78, 5) is 14.5. The molecule has 0 saturated heterocycles. The second-order valence-electron chi connectivity index (χ2n) is 7.54. The van der Waals surface area contributed by atoms with Gasteiger partial charge in [-0.05, 0) is 47.4 Å². The van der Waals surface area contributed by atoms with Gasteiger partial charge in [-0.2, -0.15) is 0 Å². The quantitative estimate of drug-likeness (QED) is 0.251. The summed E-state index contributed by atoms with van der Waals surface area (Å²) in [6, 6.07) is 15.3. The van der Waals surface area contributed by atoms with Gasteiger partial charge in [0.15, 0.2) is 5.71 Å². The van der Waals surface area contributed by atoms with Gasteiger partial charge in [0.1, 0.15) is 19.9 Å². The minimum atomic E-state index is -0.416. The van der Waals surface area contributed by atoms with Crippen LogP contribution in [0.1, 0.15) is 35.3 Å². The zero-order chi connectivity index (χ0) is 22.4. The van der Waals surface area contributed by atoms with Crippen LogP contribution in [0.5, 0.6) is 0 Å². The highest BCUT2D eigenvalue weighted by Crippen LogP contribution is 2.33. The molecule has 0 aliphatic rings. The van der Waals surface area contributed by atoms with Gasteiger partial charge in [-0.15, -0.1) is 0 Å². The number of ether oxygens (including phenoxy) is 1. The first-order chi connectivity index (χ1) is 14.2. The molecule has 0 aliphatic carbocycles. The second kappa shape index (κ2) is 9.92. The van der Waals surface area contributed by atoms with Crippen molar-refractivity contribution in [3.05, 3.63) is 82.6 Å². The van der Waals surface area contributed by atoms with E-state index in [1.54, 1.807) is 18.2 Å². The van der Waals surface area contributed by atoms with Gasteiger partial charge in [-0.3, -0.25) is 0 Å². The molecule has 0 unspecified atom stereocenters. The Balaban J connectivity index is 2.81. The number of methoxy groups -OCH3 is 1. The van der Waals surface area contributed by atoms with Crippen LogP contribution in [0.25, 0.3) is 5.57 Å². The van der Waals surface area contributed by atoms with Gasteiger partial charge in [0.2, 0.25) is 0 Å². The number of esters is 1. The fraction of sp³-hybridized carbons (Fsp3) is 0.280. The largest absolute Gasteiger partial charge is 0.507 e. The molecule has 0 spiro atoms. The lowest BCUT2D eigenvalue weighted by Gasteiger charge is -2.18. The maximum atomic E-state index is 12.4. The van der Waals surface area contributed by atoms with Crippen molar-refractivity contribution in [3.8, 4) is 0 Å². The molecular formula is C25H31N2O3+. The summed E-state index contributed by atoms with van der Waals surface area (Å²) in [5, 5.41) is 10.9. The number of allylic oxidation sites excluding steroid dienone is 2. The molecule has 158 valence electrons. The highest BCUT2D eigenvalue weighted by Gasteiger charge is 2.19. The lowest BCUT2D eigenvalue weighted by molar-refractivity contribution is -0.464. The molecule has 0 fully saturated rings. The van der Waals surface area contributed by atoms with E-state index >= 15 is 0 Å². The van der Waals surface area contributed by atoms with Crippen LogP contribution in [0.3, 0.4) is 0 Å². The third kappa shape index (κ3) is 5.17. The monoisotopic (exact) mass is 407 g/mol. The zero-order valence-electron chi connectivity index (χ0n) is 18.9. The van der Waals surface area contributed by atoms with Gasteiger partial charge in [0.25, 0.3) is 0 Å². The summed E-state index contributed by atoms with van der Waals surface area (Å²) in [5.74, 6) is -0.270. The van der Waals surface area contributed by atoms with Crippen molar-refractivity contribution in [2.45, 2.75) is 13.8 Å². The highest BCUT2D eigenvalue weighted by atomic mass is 16.5.